The largest absolute Gasteiger partial charge is 0.325 e. The van der Waals surface area contributed by atoms with Crippen LogP contribution in [-0.4, -0.2) is 4.98 Å². The third-order valence-electron chi connectivity index (χ3n) is 1.31. The molecule has 1 aromatic heterocycles. The van der Waals surface area contributed by atoms with Gasteiger partial charge in [-0.25, -0.2) is 0 Å². The summed E-state index contributed by atoms with van der Waals surface area (Å²) in [6.45, 7) is 1.83. The molecule has 0 saturated heterocycles. The highest BCUT2D eigenvalue weighted by Gasteiger charge is 1.93. The second-order valence-electron chi connectivity index (χ2n) is 2.38. The highest BCUT2D eigenvalue weighted by molar-refractivity contribution is 5.16. The van der Waals surface area contributed by atoms with Gasteiger partial charge in [0.1, 0.15) is 0 Å². The second-order valence-corrected chi connectivity index (χ2v) is 2.38. The maximum atomic E-state index is 10.8. The Morgan fingerprint density at radius 3 is 2.91 bits per heavy atom. The molecule has 0 atom stereocenters. The average molecular weight is 148 g/mol. The van der Waals surface area contributed by atoms with Gasteiger partial charge in [-0.1, -0.05) is 0 Å². The molecule has 0 spiro atoms. The summed E-state index contributed by atoms with van der Waals surface area (Å²) in [5, 5.41) is 8.33. The Balaban J connectivity index is 3.11. The molecule has 11 heavy (non-hydrogen) atoms. The number of nitrogens with one attached hydrogen (secondary N) is 1. The molecule has 1 heterocycles. The van der Waals surface area contributed by atoms with Crippen molar-refractivity contribution in [2.24, 2.45) is 0 Å². The Labute approximate surface area is 64.3 Å². The Morgan fingerprint density at radius 2 is 2.36 bits per heavy atom. The van der Waals surface area contributed by atoms with Gasteiger partial charge < -0.3 is 4.98 Å². The zero-order valence-corrected chi connectivity index (χ0v) is 6.22. The van der Waals surface area contributed by atoms with E-state index in [1.54, 1.807) is 6.07 Å². The Morgan fingerprint density at radius 1 is 1.64 bits per heavy atom. The van der Waals surface area contributed by atoms with Crippen LogP contribution in [0.1, 0.15) is 11.3 Å². The van der Waals surface area contributed by atoms with E-state index in [2.05, 4.69) is 4.98 Å². The van der Waals surface area contributed by atoms with Gasteiger partial charge in [-0.2, -0.15) is 5.26 Å². The minimum absolute atomic E-state index is 0.143. The number of nitrogens with zero attached hydrogens (tertiary/aromatic N) is 1. The van der Waals surface area contributed by atoms with Gasteiger partial charge in [0.05, 0.1) is 12.5 Å². The third-order valence-corrected chi connectivity index (χ3v) is 1.31. The topological polar surface area (TPSA) is 56.6 Å². The molecular formula is C8H8N2O. The summed E-state index contributed by atoms with van der Waals surface area (Å²) in [6, 6.07) is 5.27. The first-order valence-electron chi connectivity index (χ1n) is 3.29. The lowest BCUT2D eigenvalue weighted by Gasteiger charge is -1.94. The molecule has 56 valence electrons. The van der Waals surface area contributed by atoms with Crippen molar-refractivity contribution in [3.8, 4) is 6.07 Å². The van der Waals surface area contributed by atoms with E-state index in [1.807, 2.05) is 13.0 Å². The highest BCUT2D eigenvalue weighted by Crippen LogP contribution is 1.96. The monoisotopic (exact) mass is 148 g/mol. The molecule has 0 unspecified atom stereocenters. The molecule has 3 heteroatoms. The van der Waals surface area contributed by atoms with Crippen LogP contribution >= 0.6 is 0 Å². The summed E-state index contributed by atoms with van der Waals surface area (Å²) in [6.07, 6.45) is 0.261. The molecule has 1 N–H and O–H groups in total. The number of hydrogen-bond acceptors (Lipinski definition) is 2. The summed E-state index contributed by atoms with van der Waals surface area (Å²) >= 11 is 0. The molecule has 0 bridgehead atoms. The molecular weight excluding hydrogens is 140 g/mol. The first-order valence-corrected chi connectivity index (χ1v) is 3.29. The molecule has 0 aliphatic rings. The fourth-order valence-electron chi connectivity index (χ4n) is 0.934. The summed E-state index contributed by atoms with van der Waals surface area (Å²) < 4.78 is 0. The van der Waals surface area contributed by atoms with Crippen LogP contribution in [0.3, 0.4) is 0 Å². The van der Waals surface area contributed by atoms with Crippen molar-refractivity contribution in [2.45, 2.75) is 13.3 Å². The molecule has 0 radical (unpaired) electrons. The predicted molar refractivity (Wildman–Crippen MR) is 41.1 cm³/mol. The van der Waals surface area contributed by atoms with Crippen LogP contribution in [0.4, 0.5) is 0 Å². The Kier molecular flexibility index (Phi) is 2.07. The summed E-state index contributed by atoms with van der Waals surface area (Å²) in [5.41, 5.74) is 1.42. The number of aryl methyl sites for hydroxylation is 1. The summed E-state index contributed by atoms with van der Waals surface area (Å²) in [5.74, 6) is 0. The van der Waals surface area contributed by atoms with Gasteiger partial charge in [0.2, 0.25) is 5.56 Å². The first kappa shape index (κ1) is 7.55. The lowest BCUT2D eigenvalue weighted by molar-refractivity contribution is 1.06. The fourth-order valence-corrected chi connectivity index (χ4v) is 0.934. The SMILES string of the molecule is Cc1cc(CC#N)[nH]c(=O)c1. The van der Waals surface area contributed by atoms with Crippen molar-refractivity contribution in [1.29, 1.82) is 5.26 Å². The number of pyridine rings is 1. The standard InChI is InChI=1S/C8H8N2O/c1-6-4-7(2-3-9)10-8(11)5-6/h4-5H,2H2,1H3,(H,10,11). The maximum Gasteiger partial charge on any atom is 0.248 e. The van der Waals surface area contributed by atoms with Gasteiger partial charge >= 0.3 is 0 Å². The maximum absolute atomic E-state index is 10.8. The van der Waals surface area contributed by atoms with Crippen LogP contribution in [0, 0.1) is 18.3 Å². The van der Waals surface area contributed by atoms with Gasteiger partial charge in [-0.15, -0.1) is 0 Å². The number of hydrogen-bond donors (Lipinski definition) is 1. The van der Waals surface area contributed by atoms with E-state index in [9.17, 15) is 4.79 Å². The highest BCUT2D eigenvalue weighted by atomic mass is 16.1. The van der Waals surface area contributed by atoms with E-state index in [0.29, 0.717) is 5.69 Å². The normalized spacial score (nSPS) is 9.09. The fraction of sp³-hybridized carbons (Fsp3) is 0.250. The summed E-state index contributed by atoms with van der Waals surface area (Å²) in [4.78, 5) is 13.4. The molecule has 0 aliphatic heterocycles. The van der Waals surface area contributed by atoms with Crippen LogP contribution < -0.4 is 5.56 Å². The smallest absolute Gasteiger partial charge is 0.248 e. The molecule has 0 amide bonds. The minimum Gasteiger partial charge on any atom is -0.325 e. The van der Waals surface area contributed by atoms with Crippen molar-refractivity contribution in [2.75, 3.05) is 0 Å². The van der Waals surface area contributed by atoms with Crippen molar-refractivity contribution < 1.29 is 0 Å². The number of rotatable bonds is 1. The van der Waals surface area contributed by atoms with Crippen LogP contribution in [0.5, 0.6) is 0 Å². The van der Waals surface area contributed by atoms with E-state index in [-0.39, 0.29) is 12.0 Å². The van der Waals surface area contributed by atoms with Gasteiger partial charge in [-0.05, 0) is 18.6 Å². The first-order chi connectivity index (χ1) is 5.22. The lowest BCUT2D eigenvalue weighted by Crippen LogP contribution is -2.07. The van der Waals surface area contributed by atoms with Crippen LogP contribution in [0.15, 0.2) is 16.9 Å². The molecule has 1 rings (SSSR count). The molecule has 1 aromatic rings. The molecule has 0 saturated carbocycles. The molecule has 0 fully saturated rings. The average Bonchev–Trinajstić information content (AvgIpc) is 1.85. The van der Waals surface area contributed by atoms with E-state index in [4.69, 9.17) is 5.26 Å². The van der Waals surface area contributed by atoms with Crippen molar-refractivity contribution in [1.82, 2.24) is 4.98 Å². The summed E-state index contributed by atoms with van der Waals surface area (Å²) in [7, 11) is 0. The van der Waals surface area contributed by atoms with Crippen LogP contribution in [0.2, 0.25) is 0 Å². The van der Waals surface area contributed by atoms with Gasteiger partial charge in [-0.3, -0.25) is 4.79 Å². The molecule has 3 nitrogen and oxygen atoms in total. The van der Waals surface area contributed by atoms with Gasteiger partial charge in [0.15, 0.2) is 0 Å². The van der Waals surface area contributed by atoms with Crippen molar-refractivity contribution in [3.63, 3.8) is 0 Å². The van der Waals surface area contributed by atoms with E-state index in [0.717, 1.165) is 5.56 Å². The van der Waals surface area contributed by atoms with Crippen LogP contribution in [0.25, 0.3) is 0 Å². The van der Waals surface area contributed by atoms with Gasteiger partial charge in [0.25, 0.3) is 0 Å². The van der Waals surface area contributed by atoms with E-state index >= 15 is 0 Å². The number of H-pyrrole nitrogens is 1. The van der Waals surface area contributed by atoms with Gasteiger partial charge in [0, 0.05) is 11.8 Å². The molecule has 0 aliphatic carbocycles. The van der Waals surface area contributed by atoms with E-state index < -0.39 is 0 Å². The zero-order valence-electron chi connectivity index (χ0n) is 6.22. The second kappa shape index (κ2) is 3.02. The van der Waals surface area contributed by atoms with E-state index in [1.165, 1.54) is 6.07 Å². The van der Waals surface area contributed by atoms with Crippen molar-refractivity contribution >= 4 is 0 Å². The van der Waals surface area contributed by atoms with Crippen molar-refractivity contribution in [3.05, 3.63) is 33.7 Å². The van der Waals surface area contributed by atoms with Crippen LogP contribution in [-0.2, 0) is 6.42 Å². The molecule has 0 aromatic carbocycles. The quantitative estimate of drug-likeness (QED) is 0.638. The Hall–Kier alpha value is -1.56. The predicted octanol–water partition coefficient (Wildman–Crippen LogP) is 0.749. The number of aromatic nitrogens is 1. The third kappa shape index (κ3) is 1.94. The Bertz CT molecular complexity index is 346. The zero-order chi connectivity index (χ0) is 8.27. The number of aromatic amines is 1. The number of nitriles is 1. The minimum atomic E-state index is -0.143. The lowest BCUT2D eigenvalue weighted by atomic mass is 10.2.